The Kier molecular flexibility index (Phi) is 4.11. The largest absolute Gasteiger partial charge is 0.339 e. The zero-order valence-corrected chi connectivity index (χ0v) is 11.9. The van der Waals surface area contributed by atoms with E-state index in [0.29, 0.717) is 17.8 Å². The van der Waals surface area contributed by atoms with Crippen LogP contribution in [-0.4, -0.2) is 22.7 Å². The first-order valence-electron chi connectivity index (χ1n) is 7.49. The number of nitrogens with one attached hydrogen (secondary N) is 1. The van der Waals surface area contributed by atoms with E-state index in [0.717, 1.165) is 30.8 Å². The quantitative estimate of drug-likeness (QED) is 0.926. The Labute approximate surface area is 119 Å². The van der Waals surface area contributed by atoms with E-state index in [-0.39, 0.29) is 0 Å². The van der Waals surface area contributed by atoms with Gasteiger partial charge in [0.2, 0.25) is 11.7 Å². The fourth-order valence-corrected chi connectivity index (χ4v) is 2.94. The molecule has 0 unspecified atom stereocenters. The summed E-state index contributed by atoms with van der Waals surface area (Å²) >= 11 is 0. The monoisotopic (exact) mass is 271 g/mol. The fourth-order valence-electron chi connectivity index (χ4n) is 2.94. The molecule has 2 aromatic rings. The van der Waals surface area contributed by atoms with Gasteiger partial charge in [0, 0.05) is 17.5 Å². The predicted octanol–water partition coefficient (Wildman–Crippen LogP) is 3.37. The molecule has 0 amide bonds. The molecule has 0 saturated heterocycles. The summed E-state index contributed by atoms with van der Waals surface area (Å²) in [5, 5.41) is 7.64. The molecule has 1 heterocycles. The minimum Gasteiger partial charge on any atom is -0.339 e. The predicted molar refractivity (Wildman–Crippen MR) is 78.4 cm³/mol. The minimum atomic E-state index is 0.426. The van der Waals surface area contributed by atoms with Gasteiger partial charge in [-0.15, -0.1) is 0 Å². The van der Waals surface area contributed by atoms with Crippen LogP contribution in [0, 0.1) is 0 Å². The average Bonchev–Trinajstić information content (AvgIpc) is 2.99. The van der Waals surface area contributed by atoms with Crippen LogP contribution >= 0.6 is 0 Å². The normalized spacial score (nSPS) is 22.9. The summed E-state index contributed by atoms with van der Waals surface area (Å²) < 4.78 is 5.47. The van der Waals surface area contributed by atoms with Gasteiger partial charge >= 0.3 is 0 Å². The second-order valence-corrected chi connectivity index (χ2v) is 5.43. The molecule has 1 aromatic heterocycles. The maximum Gasteiger partial charge on any atom is 0.230 e. The lowest BCUT2D eigenvalue weighted by atomic mass is 9.86. The number of benzene rings is 1. The molecule has 1 aromatic carbocycles. The molecule has 1 N–H and O–H groups in total. The van der Waals surface area contributed by atoms with Gasteiger partial charge in [-0.3, -0.25) is 0 Å². The third-order valence-corrected chi connectivity index (χ3v) is 4.04. The van der Waals surface area contributed by atoms with Gasteiger partial charge in [-0.1, -0.05) is 42.4 Å². The van der Waals surface area contributed by atoms with Crippen LogP contribution in [0.3, 0.4) is 0 Å². The number of hydrogen-bond acceptors (Lipinski definition) is 4. The average molecular weight is 271 g/mol. The Morgan fingerprint density at radius 2 is 1.90 bits per heavy atom. The number of hydrogen-bond donors (Lipinski definition) is 1. The Bertz CT molecular complexity index is 530. The molecule has 0 spiro atoms. The smallest absolute Gasteiger partial charge is 0.230 e. The molecule has 3 rings (SSSR count). The fraction of sp³-hybridized carbons (Fsp3) is 0.500. The van der Waals surface area contributed by atoms with Gasteiger partial charge in [0.1, 0.15) is 0 Å². The first-order valence-corrected chi connectivity index (χ1v) is 7.49. The maximum atomic E-state index is 5.47. The highest BCUT2D eigenvalue weighted by Gasteiger charge is 2.26. The van der Waals surface area contributed by atoms with Gasteiger partial charge < -0.3 is 9.84 Å². The van der Waals surface area contributed by atoms with Gasteiger partial charge in [-0.2, -0.15) is 4.98 Å². The highest BCUT2D eigenvalue weighted by Crippen LogP contribution is 2.32. The molecule has 1 fully saturated rings. The van der Waals surface area contributed by atoms with E-state index in [9.17, 15) is 0 Å². The van der Waals surface area contributed by atoms with Crippen molar-refractivity contribution in [3.05, 3.63) is 36.2 Å². The Balaban J connectivity index is 1.66. The Hall–Kier alpha value is -1.68. The summed E-state index contributed by atoms with van der Waals surface area (Å²) in [5.74, 6) is 1.93. The first-order chi connectivity index (χ1) is 9.86. The number of nitrogens with zero attached hydrogens (tertiary/aromatic N) is 2. The van der Waals surface area contributed by atoms with E-state index < -0.39 is 0 Å². The lowest BCUT2D eigenvalue weighted by Crippen LogP contribution is -2.32. The second kappa shape index (κ2) is 6.18. The van der Waals surface area contributed by atoms with Crippen LogP contribution in [0.4, 0.5) is 0 Å². The van der Waals surface area contributed by atoms with Crippen LogP contribution in [0.25, 0.3) is 11.4 Å². The van der Waals surface area contributed by atoms with Crippen LogP contribution < -0.4 is 5.32 Å². The summed E-state index contributed by atoms with van der Waals surface area (Å²) in [6.07, 6.45) is 4.66. The van der Waals surface area contributed by atoms with Crippen molar-refractivity contribution in [2.24, 2.45) is 0 Å². The van der Waals surface area contributed by atoms with E-state index in [1.54, 1.807) is 0 Å². The minimum absolute atomic E-state index is 0.426. The number of aromatic nitrogens is 2. The van der Waals surface area contributed by atoms with Crippen LogP contribution in [0.1, 0.15) is 44.4 Å². The molecular formula is C16H21N3O. The standard InChI is InChI=1S/C16H21N3O/c1-2-17-14-10-8-13(9-11-14)16-18-15(19-20-16)12-6-4-3-5-7-12/h3-7,13-14,17H,2,8-11H2,1H3. The van der Waals surface area contributed by atoms with E-state index >= 15 is 0 Å². The molecular weight excluding hydrogens is 250 g/mol. The van der Waals surface area contributed by atoms with Crippen molar-refractivity contribution in [3.63, 3.8) is 0 Å². The van der Waals surface area contributed by atoms with E-state index in [1.165, 1.54) is 12.8 Å². The third kappa shape index (κ3) is 2.90. The lowest BCUT2D eigenvalue weighted by molar-refractivity contribution is 0.285. The van der Waals surface area contributed by atoms with Gasteiger partial charge in [-0.05, 0) is 32.2 Å². The zero-order valence-electron chi connectivity index (χ0n) is 11.9. The SMILES string of the molecule is CCNC1CCC(c2nc(-c3ccccc3)no2)CC1. The van der Waals surface area contributed by atoms with Crippen LogP contribution in [0.2, 0.25) is 0 Å². The summed E-state index contributed by atoms with van der Waals surface area (Å²) in [6, 6.07) is 10.7. The van der Waals surface area contributed by atoms with Crippen molar-refractivity contribution in [2.45, 2.75) is 44.6 Å². The van der Waals surface area contributed by atoms with E-state index in [4.69, 9.17) is 4.52 Å². The van der Waals surface area contributed by atoms with Gasteiger partial charge in [-0.25, -0.2) is 0 Å². The van der Waals surface area contributed by atoms with Crippen molar-refractivity contribution in [1.82, 2.24) is 15.5 Å². The van der Waals surface area contributed by atoms with E-state index in [1.807, 2.05) is 30.3 Å². The van der Waals surface area contributed by atoms with Crippen LogP contribution in [0.15, 0.2) is 34.9 Å². The Morgan fingerprint density at radius 1 is 1.15 bits per heavy atom. The highest BCUT2D eigenvalue weighted by atomic mass is 16.5. The molecule has 0 bridgehead atoms. The van der Waals surface area contributed by atoms with Crippen molar-refractivity contribution in [1.29, 1.82) is 0 Å². The van der Waals surface area contributed by atoms with E-state index in [2.05, 4.69) is 22.4 Å². The van der Waals surface area contributed by atoms with Crippen molar-refractivity contribution >= 4 is 0 Å². The van der Waals surface area contributed by atoms with Crippen molar-refractivity contribution in [3.8, 4) is 11.4 Å². The molecule has 4 nitrogen and oxygen atoms in total. The summed E-state index contributed by atoms with van der Waals surface area (Å²) in [5.41, 5.74) is 1.02. The van der Waals surface area contributed by atoms with Gasteiger partial charge in [0.25, 0.3) is 0 Å². The first kappa shape index (κ1) is 13.3. The van der Waals surface area contributed by atoms with Gasteiger partial charge in [0.05, 0.1) is 0 Å². The molecule has 1 aliphatic rings. The van der Waals surface area contributed by atoms with Gasteiger partial charge in [0.15, 0.2) is 0 Å². The molecule has 0 aliphatic heterocycles. The Morgan fingerprint density at radius 3 is 2.60 bits per heavy atom. The molecule has 20 heavy (non-hydrogen) atoms. The molecule has 0 radical (unpaired) electrons. The van der Waals surface area contributed by atoms with Crippen molar-refractivity contribution < 1.29 is 4.52 Å². The lowest BCUT2D eigenvalue weighted by Gasteiger charge is -2.26. The zero-order chi connectivity index (χ0) is 13.8. The van der Waals surface area contributed by atoms with Crippen LogP contribution in [0.5, 0.6) is 0 Å². The topological polar surface area (TPSA) is 51.0 Å². The highest BCUT2D eigenvalue weighted by molar-refractivity contribution is 5.53. The molecule has 106 valence electrons. The summed E-state index contributed by atoms with van der Waals surface area (Å²) in [7, 11) is 0. The second-order valence-electron chi connectivity index (χ2n) is 5.43. The third-order valence-electron chi connectivity index (χ3n) is 4.04. The van der Waals surface area contributed by atoms with Crippen LogP contribution in [-0.2, 0) is 0 Å². The summed E-state index contributed by atoms with van der Waals surface area (Å²) in [4.78, 5) is 4.58. The molecule has 1 saturated carbocycles. The molecule has 0 atom stereocenters. The molecule has 4 heteroatoms. The maximum absolute atomic E-state index is 5.47. The molecule has 1 aliphatic carbocycles. The summed E-state index contributed by atoms with van der Waals surface area (Å²) in [6.45, 7) is 3.21. The van der Waals surface area contributed by atoms with Crippen molar-refractivity contribution in [2.75, 3.05) is 6.54 Å². The number of rotatable bonds is 4.